The van der Waals surface area contributed by atoms with Gasteiger partial charge in [-0.15, -0.1) is 11.3 Å². The molecule has 6 nitrogen and oxygen atoms in total. The summed E-state index contributed by atoms with van der Waals surface area (Å²) < 4.78 is 6.71. The maximum atomic E-state index is 12.6. The molecule has 1 amide bonds. The number of carbonyl (C=O) groups is 2. The van der Waals surface area contributed by atoms with Crippen LogP contribution in [0.25, 0.3) is 10.1 Å². The molecule has 4 aromatic rings. The van der Waals surface area contributed by atoms with E-state index in [-0.39, 0.29) is 18.3 Å². The van der Waals surface area contributed by atoms with Gasteiger partial charge in [0.15, 0.2) is 5.78 Å². The highest BCUT2D eigenvalue weighted by Gasteiger charge is 2.15. The summed E-state index contributed by atoms with van der Waals surface area (Å²) in [5.74, 6) is 0.577. The molecule has 2 heterocycles. The molecule has 31 heavy (non-hydrogen) atoms. The second-order valence-corrected chi connectivity index (χ2v) is 8.17. The van der Waals surface area contributed by atoms with Crippen LogP contribution in [0.1, 0.15) is 33.2 Å². The Hall–Kier alpha value is -3.42. The van der Waals surface area contributed by atoms with Crippen LogP contribution in [0.5, 0.6) is 5.75 Å². The number of ether oxygens (including phenoxy) is 1. The standard InChI is InChI=1S/C23H18ClN3O3S/c1-13(28)19-10-26-22(25)20-15(12-31-21(19)20)11-30-18-4-2-3-14(9-18)23(29)27-17-7-5-16(24)6-8-17/h2-10,12H,11H2,1H3,(H2,25,26)(H,27,29). The molecule has 2 aromatic heterocycles. The van der Waals surface area contributed by atoms with Gasteiger partial charge in [-0.3, -0.25) is 9.59 Å². The number of thiophene rings is 1. The third-order valence-electron chi connectivity index (χ3n) is 4.67. The summed E-state index contributed by atoms with van der Waals surface area (Å²) in [6, 6.07) is 13.8. The summed E-state index contributed by atoms with van der Waals surface area (Å²) >= 11 is 7.31. The van der Waals surface area contributed by atoms with Crippen LogP contribution in [0, 0.1) is 0 Å². The number of carbonyl (C=O) groups excluding carboxylic acids is 2. The molecule has 2 aromatic carbocycles. The van der Waals surface area contributed by atoms with Crippen molar-refractivity contribution in [2.75, 3.05) is 11.1 Å². The van der Waals surface area contributed by atoms with Gasteiger partial charge in [0, 0.05) is 33.4 Å². The fourth-order valence-electron chi connectivity index (χ4n) is 3.11. The molecule has 0 fully saturated rings. The highest BCUT2D eigenvalue weighted by Crippen LogP contribution is 2.33. The van der Waals surface area contributed by atoms with E-state index in [0.717, 1.165) is 15.6 Å². The number of amides is 1. The Bertz CT molecular complexity index is 1290. The van der Waals surface area contributed by atoms with Gasteiger partial charge in [-0.25, -0.2) is 4.98 Å². The molecule has 0 saturated heterocycles. The van der Waals surface area contributed by atoms with Crippen LogP contribution in [-0.4, -0.2) is 16.7 Å². The molecule has 0 aliphatic heterocycles. The molecular weight excluding hydrogens is 434 g/mol. The molecule has 156 valence electrons. The van der Waals surface area contributed by atoms with Gasteiger partial charge in [-0.1, -0.05) is 17.7 Å². The second kappa shape index (κ2) is 8.75. The number of hydrogen-bond acceptors (Lipinski definition) is 6. The van der Waals surface area contributed by atoms with Gasteiger partial charge in [-0.2, -0.15) is 0 Å². The minimum absolute atomic E-state index is 0.0637. The van der Waals surface area contributed by atoms with Crippen LogP contribution in [0.2, 0.25) is 5.02 Å². The predicted octanol–water partition coefficient (Wildman–Crippen LogP) is 5.57. The molecule has 3 N–H and O–H groups in total. The normalized spacial score (nSPS) is 10.8. The number of nitrogen functional groups attached to an aromatic ring is 1. The minimum atomic E-state index is -0.256. The predicted molar refractivity (Wildman–Crippen MR) is 124 cm³/mol. The number of nitrogens with zero attached hydrogens (tertiary/aromatic N) is 1. The fraction of sp³-hybridized carbons (Fsp3) is 0.0870. The van der Waals surface area contributed by atoms with Gasteiger partial charge in [0.25, 0.3) is 5.91 Å². The van der Waals surface area contributed by atoms with E-state index < -0.39 is 0 Å². The number of ketones is 1. The quantitative estimate of drug-likeness (QED) is 0.374. The van der Waals surface area contributed by atoms with Gasteiger partial charge in [0.05, 0.1) is 10.3 Å². The highest BCUT2D eigenvalue weighted by molar-refractivity contribution is 7.17. The Morgan fingerprint density at radius 3 is 2.71 bits per heavy atom. The SMILES string of the molecule is CC(=O)c1cnc(N)c2c(COc3cccc(C(=O)Nc4ccc(Cl)cc4)c3)csc12. The highest BCUT2D eigenvalue weighted by atomic mass is 35.5. The van der Waals surface area contributed by atoms with Gasteiger partial charge < -0.3 is 15.8 Å². The van der Waals surface area contributed by atoms with Gasteiger partial charge in [0.1, 0.15) is 18.2 Å². The van der Waals surface area contributed by atoms with E-state index in [9.17, 15) is 9.59 Å². The summed E-state index contributed by atoms with van der Waals surface area (Å²) in [6.07, 6.45) is 1.50. The molecule has 8 heteroatoms. The van der Waals surface area contributed by atoms with Crippen LogP contribution >= 0.6 is 22.9 Å². The number of pyridine rings is 1. The zero-order valence-electron chi connectivity index (χ0n) is 16.5. The van der Waals surface area contributed by atoms with Crippen LogP contribution in [-0.2, 0) is 6.61 Å². The zero-order valence-corrected chi connectivity index (χ0v) is 18.1. The van der Waals surface area contributed by atoms with Crippen LogP contribution in [0.3, 0.4) is 0 Å². The largest absolute Gasteiger partial charge is 0.489 e. The molecule has 0 saturated carbocycles. The summed E-state index contributed by atoms with van der Waals surface area (Å²) in [4.78, 5) is 28.6. The van der Waals surface area contributed by atoms with Crippen molar-refractivity contribution in [3.05, 3.63) is 81.8 Å². The van der Waals surface area contributed by atoms with E-state index in [0.29, 0.717) is 33.4 Å². The third-order valence-corrected chi connectivity index (χ3v) is 5.99. The van der Waals surface area contributed by atoms with Crippen molar-refractivity contribution in [3.8, 4) is 5.75 Å². The van der Waals surface area contributed by atoms with Crippen molar-refractivity contribution >= 4 is 56.2 Å². The molecule has 0 spiro atoms. The molecular formula is C23H18ClN3O3S. The molecule has 0 unspecified atom stereocenters. The van der Waals surface area contributed by atoms with Crippen molar-refractivity contribution in [2.24, 2.45) is 0 Å². The summed E-state index contributed by atoms with van der Waals surface area (Å²) in [5.41, 5.74) is 8.54. The van der Waals surface area contributed by atoms with Crippen LogP contribution in [0.4, 0.5) is 11.5 Å². The number of benzene rings is 2. The Balaban J connectivity index is 1.51. The smallest absolute Gasteiger partial charge is 0.255 e. The molecule has 0 radical (unpaired) electrons. The number of Topliss-reactive ketones (excluding diaryl/α,β-unsaturated/α-hetero) is 1. The zero-order chi connectivity index (χ0) is 22.0. The number of fused-ring (bicyclic) bond motifs is 1. The van der Waals surface area contributed by atoms with Crippen molar-refractivity contribution in [3.63, 3.8) is 0 Å². The summed E-state index contributed by atoms with van der Waals surface area (Å²) in [5, 5.41) is 6.06. The summed E-state index contributed by atoms with van der Waals surface area (Å²) in [7, 11) is 0. The first kappa shape index (κ1) is 20.8. The van der Waals surface area contributed by atoms with Crippen molar-refractivity contribution < 1.29 is 14.3 Å². The molecule has 0 aliphatic carbocycles. The van der Waals surface area contributed by atoms with E-state index in [4.69, 9.17) is 22.1 Å². The van der Waals surface area contributed by atoms with Gasteiger partial charge in [-0.05, 0) is 54.8 Å². The molecule has 4 rings (SSSR count). The Morgan fingerprint density at radius 1 is 1.19 bits per heavy atom. The van der Waals surface area contributed by atoms with E-state index in [2.05, 4.69) is 10.3 Å². The number of nitrogens with two attached hydrogens (primary N) is 1. The average Bonchev–Trinajstić information content (AvgIpc) is 3.19. The number of rotatable bonds is 6. The molecule has 0 atom stereocenters. The average molecular weight is 452 g/mol. The number of nitrogens with one attached hydrogen (secondary N) is 1. The Morgan fingerprint density at radius 2 is 1.97 bits per heavy atom. The third kappa shape index (κ3) is 4.52. The first-order chi connectivity index (χ1) is 14.9. The van der Waals surface area contributed by atoms with Crippen molar-refractivity contribution in [2.45, 2.75) is 13.5 Å². The minimum Gasteiger partial charge on any atom is -0.489 e. The number of hydrogen-bond donors (Lipinski definition) is 2. The Labute approximate surface area is 187 Å². The van der Waals surface area contributed by atoms with Gasteiger partial charge in [0.2, 0.25) is 0 Å². The van der Waals surface area contributed by atoms with E-state index in [1.165, 1.54) is 24.5 Å². The van der Waals surface area contributed by atoms with Crippen molar-refractivity contribution in [1.82, 2.24) is 4.98 Å². The lowest BCUT2D eigenvalue weighted by atomic mass is 10.1. The number of anilines is 2. The molecule has 0 bridgehead atoms. The maximum Gasteiger partial charge on any atom is 0.255 e. The lowest BCUT2D eigenvalue weighted by Gasteiger charge is -2.09. The van der Waals surface area contributed by atoms with Crippen LogP contribution in [0.15, 0.2) is 60.1 Å². The lowest BCUT2D eigenvalue weighted by molar-refractivity contribution is 0.101. The topological polar surface area (TPSA) is 94.3 Å². The first-order valence-electron chi connectivity index (χ1n) is 9.37. The monoisotopic (exact) mass is 451 g/mol. The fourth-order valence-corrected chi connectivity index (χ4v) is 4.36. The van der Waals surface area contributed by atoms with E-state index in [1.54, 1.807) is 48.5 Å². The number of aromatic nitrogens is 1. The second-order valence-electron chi connectivity index (χ2n) is 6.86. The van der Waals surface area contributed by atoms with E-state index >= 15 is 0 Å². The molecule has 0 aliphatic rings. The van der Waals surface area contributed by atoms with Gasteiger partial charge >= 0.3 is 0 Å². The van der Waals surface area contributed by atoms with Crippen LogP contribution < -0.4 is 15.8 Å². The maximum absolute atomic E-state index is 12.6. The van der Waals surface area contributed by atoms with Crippen molar-refractivity contribution in [1.29, 1.82) is 0 Å². The Kier molecular flexibility index (Phi) is 5.88. The van der Waals surface area contributed by atoms with E-state index in [1.807, 2.05) is 5.38 Å². The summed E-state index contributed by atoms with van der Waals surface area (Å²) in [6.45, 7) is 1.73. The lowest BCUT2D eigenvalue weighted by Crippen LogP contribution is -2.11. The first-order valence-corrected chi connectivity index (χ1v) is 10.6. The number of halogens is 1.